The highest BCUT2D eigenvalue weighted by Gasteiger charge is 2.43. The van der Waals surface area contributed by atoms with Gasteiger partial charge in [-0.2, -0.15) is 10.2 Å². The first-order valence-electron chi connectivity index (χ1n) is 10.1. The third kappa shape index (κ3) is 3.75. The molecule has 33 heavy (non-hydrogen) atoms. The Bertz CT molecular complexity index is 1390. The maximum Gasteiger partial charge on any atom is 0.258 e. The number of hydrogen-bond donors (Lipinski definition) is 3. The second-order valence-electron chi connectivity index (χ2n) is 7.97. The molecule has 3 N–H and O–H groups in total. The molecule has 5 rings (SSSR count). The summed E-state index contributed by atoms with van der Waals surface area (Å²) in [6, 6.07) is 3.60. The van der Waals surface area contributed by atoms with Crippen LogP contribution in [-0.4, -0.2) is 44.4 Å². The van der Waals surface area contributed by atoms with Crippen molar-refractivity contribution >= 4 is 45.4 Å². The Hall–Kier alpha value is -3.34. The highest BCUT2D eigenvalue weighted by molar-refractivity contribution is 6.36. The molecule has 7 nitrogen and oxygen atoms in total. The van der Waals surface area contributed by atoms with E-state index in [1.807, 2.05) is 0 Å². The fourth-order valence-corrected chi connectivity index (χ4v) is 3.99. The second kappa shape index (κ2) is 7.91. The van der Waals surface area contributed by atoms with Gasteiger partial charge in [0.15, 0.2) is 11.6 Å². The quantitative estimate of drug-likeness (QED) is 0.338. The molecule has 1 amide bonds. The van der Waals surface area contributed by atoms with Gasteiger partial charge in [0, 0.05) is 23.2 Å². The van der Waals surface area contributed by atoms with Gasteiger partial charge in [0.25, 0.3) is 6.43 Å². The fourth-order valence-electron chi connectivity index (χ4n) is 3.69. The van der Waals surface area contributed by atoms with E-state index in [0.717, 1.165) is 0 Å². The maximum atomic E-state index is 15.2. The highest BCUT2D eigenvalue weighted by atomic mass is 35.5. The lowest BCUT2D eigenvalue weighted by Gasteiger charge is -2.18. The maximum absolute atomic E-state index is 15.2. The number of fused-ring (bicyclic) bond motifs is 2. The van der Waals surface area contributed by atoms with E-state index in [1.54, 1.807) is 24.4 Å². The van der Waals surface area contributed by atoms with E-state index in [-0.39, 0.29) is 28.5 Å². The van der Waals surface area contributed by atoms with E-state index in [1.165, 1.54) is 17.6 Å². The third-order valence-electron chi connectivity index (χ3n) is 5.59. The summed E-state index contributed by atoms with van der Waals surface area (Å²) in [6.45, 7) is 1.23. The molecule has 3 atom stereocenters. The zero-order chi connectivity index (χ0) is 23.4. The van der Waals surface area contributed by atoms with Crippen LogP contribution in [0.3, 0.4) is 0 Å². The second-order valence-corrected chi connectivity index (χ2v) is 8.34. The van der Waals surface area contributed by atoms with Gasteiger partial charge in [-0.3, -0.25) is 9.89 Å². The zero-order valence-electron chi connectivity index (χ0n) is 17.0. The number of carbonyl (C=O) groups is 1. The number of halogens is 5. The smallest absolute Gasteiger partial charge is 0.258 e. The average molecular weight is 481 g/mol. The first-order valence-corrected chi connectivity index (χ1v) is 10.5. The van der Waals surface area contributed by atoms with Gasteiger partial charge in [-0.1, -0.05) is 11.6 Å². The van der Waals surface area contributed by atoms with Gasteiger partial charge < -0.3 is 10.6 Å². The molecule has 0 bridgehead atoms. The van der Waals surface area contributed by atoms with Crippen molar-refractivity contribution in [2.24, 2.45) is 5.92 Å². The minimum atomic E-state index is -2.71. The monoisotopic (exact) mass is 480 g/mol. The van der Waals surface area contributed by atoms with Crippen LogP contribution in [0.1, 0.15) is 13.3 Å². The van der Waals surface area contributed by atoms with Crippen LogP contribution >= 0.6 is 11.6 Å². The summed E-state index contributed by atoms with van der Waals surface area (Å²) in [4.78, 5) is 12.0. The molecule has 0 saturated heterocycles. The standard InChI is InChI=1S/C21H17ClF4N6O/c1-8(20(25)26)28-19-17(24)16(22)15(12-7-27-30-18(12)19)9-2-3-32-10(4-9)5-14(31-32)29-21(33)11-6-13(11)23/h2-5,7-8,11,13,20,28H,6H2,1H3,(H,27,30)(H,29,31,33)/t8?,11-,13+/m1/s1. The Kier molecular flexibility index (Phi) is 5.15. The van der Waals surface area contributed by atoms with Crippen molar-refractivity contribution in [3.8, 4) is 11.1 Å². The molecule has 1 aliphatic rings. The van der Waals surface area contributed by atoms with E-state index >= 15 is 4.39 Å². The van der Waals surface area contributed by atoms with E-state index in [9.17, 15) is 18.0 Å². The molecule has 1 fully saturated rings. The van der Waals surface area contributed by atoms with E-state index < -0.39 is 36.3 Å². The molecule has 3 aromatic heterocycles. The van der Waals surface area contributed by atoms with Crippen LogP contribution in [-0.2, 0) is 4.79 Å². The molecule has 0 radical (unpaired) electrons. The summed E-state index contributed by atoms with van der Waals surface area (Å²) in [5.41, 5.74) is 1.42. The summed E-state index contributed by atoms with van der Waals surface area (Å²) in [7, 11) is 0. The number of amides is 1. The first-order chi connectivity index (χ1) is 15.7. The normalized spacial score (nSPS) is 18.8. The van der Waals surface area contributed by atoms with E-state index in [2.05, 4.69) is 25.9 Å². The van der Waals surface area contributed by atoms with Gasteiger partial charge in [-0.05, 0) is 31.0 Å². The molecule has 172 valence electrons. The number of carbonyl (C=O) groups excluding carboxylic acids is 1. The summed E-state index contributed by atoms with van der Waals surface area (Å²) >= 11 is 6.35. The Morgan fingerprint density at radius 3 is 2.82 bits per heavy atom. The molecule has 1 aromatic carbocycles. The SMILES string of the molecule is CC(Nc1c(F)c(Cl)c(-c2ccn3nc(NC(=O)[C@@H]4C[C@@H]4F)cc3c2)c2cn[nH]c12)C(F)F. The van der Waals surface area contributed by atoms with Gasteiger partial charge in [-0.25, -0.2) is 22.1 Å². The van der Waals surface area contributed by atoms with Crippen LogP contribution in [0.5, 0.6) is 0 Å². The number of H-pyrrole nitrogens is 1. The van der Waals surface area contributed by atoms with Crippen LogP contribution in [0.2, 0.25) is 5.02 Å². The van der Waals surface area contributed by atoms with Gasteiger partial charge in [0.1, 0.15) is 6.17 Å². The topological polar surface area (TPSA) is 87.1 Å². The number of aromatic nitrogens is 4. The number of aromatic amines is 1. The summed E-state index contributed by atoms with van der Waals surface area (Å²) < 4.78 is 55.8. The summed E-state index contributed by atoms with van der Waals surface area (Å²) in [6.07, 6.45) is -0.598. The largest absolute Gasteiger partial charge is 0.373 e. The number of hydrogen-bond acceptors (Lipinski definition) is 4. The molecule has 0 aliphatic heterocycles. The number of nitrogens with zero attached hydrogens (tertiary/aromatic N) is 3. The van der Waals surface area contributed by atoms with Crippen molar-refractivity contribution < 1.29 is 22.4 Å². The molecule has 4 aromatic rings. The van der Waals surface area contributed by atoms with Crippen LogP contribution in [0, 0.1) is 11.7 Å². The van der Waals surface area contributed by atoms with Crippen molar-refractivity contribution in [2.75, 3.05) is 10.6 Å². The molecule has 3 heterocycles. The number of alkyl halides is 3. The van der Waals surface area contributed by atoms with Gasteiger partial charge >= 0.3 is 0 Å². The van der Waals surface area contributed by atoms with Crippen molar-refractivity contribution in [2.45, 2.75) is 32.0 Å². The Labute approximate surface area is 189 Å². The number of anilines is 2. The molecule has 1 saturated carbocycles. The minimum Gasteiger partial charge on any atom is -0.373 e. The molecule has 1 unspecified atom stereocenters. The Balaban J connectivity index is 1.54. The van der Waals surface area contributed by atoms with Crippen LogP contribution in [0.25, 0.3) is 27.5 Å². The van der Waals surface area contributed by atoms with Crippen molar-refractivity contribution in [3.05, 3.63) is 41.4 Å². The number of benzene rings is 1. The van der Waals surface area contributed by atoms with Crippen molar-refractivity contribution in [1.82, 2.24) is 19.8 Å². The van der Waals surface area contributed by atoms with Gasteiger partial charge in [0.05, 0.1) is 39.9 Å². The van der Waals surface area contributed by atoms with Crippen molar-refractivity contribution in [1.29, 1.82) is 0 Å². The Morgan fingerprint density at radius 1 is 1.36 bits per heavy atom. The minimum absolute atomic E-state index is 0.189. The third-order valence-corrected chi connectivity index (χ3v) is 5.95. The average Bonchev–Trinajstić information content (AvgIpc) is 3.15. The van der Waals surface area contributed by atoms with E-state index in [0.29, 0.717) is 22.0 Å². The van der Waals surface area contributed by atoms with Crippen molar-refractivity contribution in [3.63, 3.8) is 0 Å². The lowest BCUT2D eigenvalue weighted by atomic mass is 10.0. The number of rotatable bonds is 6. The van der Waals surface area contributed by atoms with Gasteiger partial charge in [-0.15, -0.1) is 0 Å². The van der Waals surface area contributed by atoms with Crippen LogP contribution < -0.4 is 10.6 Å². The lowest BCUT2D eigenvalue weighted by molar-refractivity contribution is -0.117. The van der Waals surface area contributed by atoms with Gasteiger partial charge in [0.2, 0.25) is 5.91 Å². The van der Waals surface area contributed by atoms with Crippen LogP contribution in [0.15, 0.2) is 30.6 Å². The van der Waals surface area contributed by atoms with E-state index in [4.69, 9.17) is 11.6 Å². The molecular formula is C21H17ClF4N6O. The molecule has 1 aliphatic carbocycles. The lowest BCUT2D eigenvalue weighted by Crippen LogP contribution is -2.24. The Morgan fingerprint density at radius 2 is 2.12 bits per heavy atom. The molecule has 12 heteroatoms. The fraction of sp³-hybridized carbons (Fsp3) is 0.286. The predicted octanol–water partition coefficient (Wildman–Crippen LogP) is 5.03. The number of pyridine rings is 1. The first kappa shape index (κ1) is 21.5. The molecule has 0 spiro atoms. The highest BCUT2D eigenvalue weighted by Crippen LogP contribution is 2.42. The summed E-state index contributed by atoms with van der Waals surface area (Å²) in [5, 5.41) is 16.0. The predicted molar refractivity (Wildman–Crippen MR) is 116 cm³/mol. The number of nitrogens with one attached hydrogen (secondary N) is 3. The van der Waals surface area contributed by atoms with Crippen LogP contribution in [0.4, 0.5) is 29.1 Å². The molecular weight excluding hydrogens is 464 g/mol. The zero-order valence-corrected chi connectivity index (χ0v) is 17.8. The summed E-state index contributed by atoms with van der Waals surface area (Å²) in [5.74, 6) is -1.72.